The van der Waals surface area contributed by atoms with Gasteiger partial charge in [0.2, 0.25) is 0 Å². The van der Waals surface area contributed by atoms with Crippen molar-refractivity contribution in [1.29, 1.82) is 0 Å². The fourth-order valence-corrected chi connectivity index (χ4v) is 4.36. The molecule has 0 amide bonds. The number of carbonyl (C=O) groups is 1. The van der Waals surface area contributed by atoms with Gasteiger partial charge in [-0.1, -0.05) is 36.6 Å². The smallest absolute Gasteiger partial charge is 0.305 e. The van der Waals surface area contributed by atoms with Crippen LogP contribution in [0.2, 0.25) is 5.02 Å². The highest BCUT2D eigenvalue weighted by atomic mass is 35.5. The zero-order valence-electron chi connectivity index (χ0n) is 18.1. The maximum atomic E-state index is 10.7. The number of anilines is 2. The summed E-state index contributed by atoms with van der Waals surface area (Å²) in [5, 5.41) is 20.7. The summed E-state index contributed by atoms with van der Waals surface area (Å²) < 4.78 is 1.69. The van der Waals surface area contributed by atoms with Gasteiger partial charge in [-0.3, -0.25) is 4.79 Å². The van der Waals surface area contributed by atoms with Crippen LogP contribution < -0.4 is 10.6 Å². The number of nitrogens with zero attached hydrogens (tertiary/aromatic N) is 3. The third kappa shape index (κ3) is 5.40. The Kier molecular flexibility index (Phi) is 6.95. The number of halogens is 1. The molecule has 0 saturated heterocycles. The number of hydrogen-bond acceptors (Lipinski definition) is 5. The lowest BCUT2D eigenvalue weighted by molar-refractivity contribution is -0.136. The van der Waals surface area contributed by atoms with E-state index in [1.807, 2.05) is 37.4 Å². The Balaban J connectivity index is 1.48. The molecule has 168 valence electrons. The van der Waals surface area contributed by atoms with Crippen molar-refractivity contribution in [3.63, 3.8) is 0 Å². The standard InChI is InChI=1S/C24H28ClN5O2/c1-16-21(25)15-30(29-16)22-11-10-20(14-27-22)28-24(17-4-2-3-5-17)18-6-8-19(9-7-18)26-13-12-23(31)32/h6-11,14-15,17,24,26,28H,2-5,12-13H2,1H3,(H,31,32). The number of hydrogen-bond donors (Lipinski definition) is 3. The largest absolute Gasteiger partial charge is 0.481 e. The molecule has 3 aromatic rings. The van der Waals surface area contributed by atoms with Crippen LogP contribution >= 0.6 is 11.6 Å². The van der Waals surface area contributed by atoms with E-state index in [1.165, 1.54) is 31.2 Å². The molecule has 4 rings (SSSR count). The molecule has 32 heavy (non-hydrogen) atoms. The lowest BCUT2D eigenvalue weighted by Gasteiger charge is -2.26. The SMILES string of the molecule is Cc1nn(-c2ccc(NC(c3ccc(NCCC(=O)O)cc3)C3CCCC3)cn2)cc1Cl. The molecule has 7 nitrogen and oxygen atoms in total. The molecule has 0 bridgehead atoms. The first-order valence-electron chi connectivity index (χ1n) is 11.0. The Morgan fingerprint density at radius 1 is 1.19 bits per heavy atom. The number of aryl methyl sites for hydroxylation is 1. The van der Waals surface area contributed by atoms with Crippen LogP contribution in [-0.2, 0) is 4.79 Å². The van der Waals surface area contributed by atoms with Gasteiger partial charge < -0.3 is 15.7 Å². The minimum Gasteiger partial charge on any atom is -0.481 e. The number of nitrogens with one attached hydrogen (secondary N) is 2. The van der Waals surface area contributed by atoms with E-state index < -0.39 is 5.97 Å². The van der Waals surface area contributed by atoms with Crippen molar-refractivity contribution in [2.24, 2.45) is 5.92 Å². The molecule has 1 saturated carbocycles. The molecule has 2 heterocycles. The quantitative estimate of drug-likeness (QED) is 0.398. The first kappa shape index (κ1) is 22.1. The average Bonchev–Trinajstić information content (AvgIpc) is 3.43. The highest BCUT2D eigenvalue weighted by molar-refractivity contribution is 6.31. The third-order valence-electron chi connectivity index (χ3n) is 5.95. The lowest BCUT2D eigenvalue weighted by atomic mass is 9.91. The Morgan fingerprint density at radius 2 is 1.91 bits per heavy atom. The first-order chi connectivity index (χ1) is 15.5. The van der Waals surface area contributed by atoms with Gasteiger partial charge in [0, 0.05) is 12.2 Å². The monoisotopic (exact) mass is 453 g/mol. The molecule has 0 aliphatic heterocycles. The Bertz CT molecular complexity index is 1020. The third-order valence-corrected chi connectivity index (χ3v) is 6.32. The molecule has 0 spiro atoms. The summed E-state index contributed by atoms with van der Waals surface area (Å²) in [6.07, 6.45) is 8.62. The second kappa shape index (κ2) is 10.0. The summed E-state index contributed by atoms with van der Waals surface area (Å²) in [7, 11) is 0. The minimum atomic E-state index is -0.801. The second-order valence-electron chi connectivity index (χ2n) is 8.27. The van der Waals surface area contributed by atoms with Crippen molar-refractivity contribution < 1.29 is 9.90 Å². The van der Waals surface area contributed by atoms with Gasteiger partial charge in [-0.15, -0.1) is 0 Å². The molecule has 1 aliphatic rings. The van der Waals surface area contributed by atoms with Gasteiger partial charge in [-0.2, -0.15) is 5.10 Å². The van der Waals surface area contributed by atoms with Crippen molar-refractivity contribution in [2.75, 3.05) is 17.2 Å². The summed E-state index contributed by atoms with van der Waals surface area (Å²) in [4.78, 5) is 15.3. The van der Waals surface area contributed by atoms with E-state index in [9.17, 15) is 4.79 Å². The maximum Gasteiger partial charge on any atom is 0.305 e. The Hall–Kier alpha value is -3.06. The van der Waals surface area contributed by atoms with Crippen molar-refractivity contribution >= 4 is 28.9 Å². The molecule has 1 aromatic carbocycles. The average molecular weight is 454 g/mol. The fraction of sp³-hybridized carbons (Fsp3) is 0.375. The minimum absolute atomic E-state index is 0.0985. The summed E-state index contributed by atoms with van der Waals surface area (Å²) in [6, 6.07) is 12.4. The lowest BCUT2D eigenvalue weighted by Crippen LogP contribution is -2.19. The maximum absolute atomic E-state index is 10.7. The van der Waals surface area contributed by atoms with Crippen molar-refractivity contribution in [1.82, 2.24) is 14.8 Å². The Labute approximate surface area is 192 Å². The van der Waals surface area contributed by atoms with Crippen LogP contribution in [-0.4, -0.2) is 32.4 Å². The number of aliphatic carboxylic acids is 1. The summed E-state index contributed by atoms with van der Waals surface area (Å²) >= 11 is 6.12. The van der Waals surface area contributed by atoms with E-state index in [0.29, 0.717) is 17.5 Å². The number of rotatable bonds is 9. The Morgan fingerprint density at radius 3 is 2.50 bits per heavy atom. The van der Waals surface area contributed by atoms with E-state index in [0.717, 1.165) is 22.9 Å². The van der Waals surface area contributed by atoms with Gasteiger partial charge in [0.1, 0.15) is 0 Å². The molecule has 2 aromatic heterocycles. The fourth-order valence-electron chi connectivity index (χ4n) is 4.23. The predicted octanol–water partition coefficient (Wildman–Crippen LogP) is 5.46. The van der Waals surface area contributed by atoms with Crippen LogP contribution in [0.1, 0.15) is 49.4 Å². The molecule has 1 atom stereocenters. The summed E-state index contributed by atoms with van der Waals surface area (Å²) in [5.74, 6) is 0.484. The number of aromatic nitrogens is 3. The van der Waals surface area contributed by atoms with Gasteiger partial charge in [-0.05, 0) is 55.5 Å². The van der Waals surface area contributed by atoms with Gasteiger partial charge in [0.05, 0.1) is 41.3 Å². The highest BCUT2D eigenvalue weighted by Crippen LogP contribution is 2.38. The van der Waals surface area contributed by atoms with Gasteiger partial charge in [-0.25, -0.2) is 9.67 Å². The van der Waals surface area contributed by atoms with Crippen LogP contribution in [0.4, 0.5) is 11.4 Å². The molecule has 3 N–H and O–H groups in total. The number of carboxylic acids is 1. The summed E-state index contributed by atoms with van der Waals surface area (Å²) in [5.41, 5.74) is 3.89. The highest BCUT2D eigenvalue weighted by Gasteiger charge is 2.26. The number of pyridine rings is 1. The van der Waals surface area contributed by atoms with E-state index in [4.69, 9.17) is 16.7 Å². The van der Waals surface area contributed by atoms with Crippen molar-refractivity contribution in [2.45, 2.75) is 45.1 Å². The molecular formula is C24H28ClN5O2. The molecule has 1 aliphatic carbocycles. The van der Waals surface area contributed by atoms with Crippen LogP contribution in [0, 0.1) is 12.8 Å². The zero-order valence-corrected chi connectivity index (χ0v) is 18.8. The first-order valence-corrected chi connectivity index (χ1v) is 11.4. The normalized spacial score (nSPS) is 14.9. The van der Waals surface area contributed by atoms with Gasteiger partial charge >= 0.3 is 5.97 Å². The van der Waals surface area contributed by atoms with Crippen LogP contribution in [0.3, 0.4) is 0 Å². The topological polar surface area (TPSA) is 92.1 Å². The van der Waals surface area contributed by atoms with Crippen LogP contribution in [0.15, 0.2) is 48.8 Å². The van der Waals surface area contributed by atoms with Crippen LogP contribution in [0.5, 0.6) is 0 Å². The van der Waals surface area contributed by atoms with E-state index in [1.54, 1.807) is 10.9 Å². The number of benzene rings is 1. The number of carboxylic acid groups (broad SMARTS) is 1. The molecular weight excluding hydrogens is 426 g/mol. The van der Waals surface area contributed by atoms with E-state index >= 15 is 0 Å². The second-order valence-corrected chi connectivity index (χ2v) is 8.68. The van der Waals surface area contributed by atoms with E-state index in [-0.39, 0.29) is 12.5 Å². The predicted molar refractivity (Wildman–Crippen MR) is 127 cm³/mol. The van der Waals surface area contributed by atoms with Crippen molar-refractivity contribution in [3.05, 3.63) is 65.1 Å². The zero-order chi connectivity index (χ0) is 22.5. The van der Waals surface area contributed by atoms with Crippen LogP contribution in [0.25, 0.3) is 5.82 Å². The molecule has 8 heteroatoms. The summed E-state index contributed by atoms with van der Waals surface area (Å²) in [6.45, 7) is 2.28. The molecule has 1 fully saturated rings. The van der Waals surface area contributed by atoms with Gasteiger partial charge in [0.25, 0.3) is 0 Å². The van der Waals surface area contributed by atoms with Crippen molar-refractivity contribution in [3.8, 4) is 5.82 Å². The van der Waals surface area contributed by atoms with Gasteiger partial charge in [0.15, 0.2) is 5.82 Å². The molecule has 1 unspecified atom stereocenters. The molecule has 0 radical (unpaired) electrons. The van der Waals surface area contributed by atoms with E-state index in [2.05, 4.69) is 32.8 Å².